The van der Waals surface area contributed by atoms with Crippen molar-refractivity contribution in [3.63, 3.8) is 0 Å². The summed E-state index contributed by atoms with van der Waals surface area (Å²) in [4.78, 5) is 0. The van der Waals surface area contributed by atoms with Crippen molar-refractivity contribution in [1.29, 1.82) is 0 Å². The summed E-state index contributed by atoms with van der Waals surface area (Å²) in [5, 5.41) is 3.63. The standard InChI is InChI=1S/C18H29NO/c1-4-12-19-18(17-9-5-14(2)6-10-17)15(3)20-13-11-16-7-8-16/h5-6,9-10,15-16,18-19H,4,7-8,11-13H2,1-3H3. The van der Waals surface area contributed by atoms with Crippen LogP contribution in [-0.4, -0.2) is 19.3 Å². The van der Waals surface area contributed by atoms with Crippen LogP contribution >= 0.6 is 0 Å². The Kier molecular flexibility index (Phi) is 6.06. The highest BCUT2D eigenvalue weighted by atomic mass is 16.5. The molecule has 0 aliphatic heterocycles. The summed E-state index contributed by atoms with van der Waals surface area (Å²) in [6, 6.07) is 9.13. The third-order valence-electron chi connectivity index (χ3n) is 4.12. The Balaban J connectivity index is 1.91. The number of hydrogen-bond acceptors (Lipinski definition) is 2. The van der Waals surface area contributed by atoms with Gasteiger partial charge in [-0.15, -0.1) is 0 Å². The SMILES string of the molecule is CCCNC(c1ccc(C)cc1)C(C)OCCC1CC1. The van der Waals surface area contributed by atoms with Crippen molar-refractivity contribution in [2.24, 2.45) is 5.92 Å². The Labute approximate surface area is 123 Å². The van der Waals surface area contributed by atoms with Crippen LogP contribution in [-0.2, 0) is 4.74 Å². The lowest BCUT2D eigenvalue weighted by atomic mass is 10.0. The van der Waals surface area contributed by atoms with Crippen LogP contribution in [0.2, 0.25) is 0 Å². The van der Waals surface area contributed by atoms with Crippen LogP contribution < -0.4 is 5.32 Å². The quantitative estimate of drug-likeness (QED) is 0.728. The van der Waals surface area contributed by atoms with Crippen LogP contribution in [0.3, 0.4) is 0 Å². The molecule has 2 nitrogen and oxygen atoms in total. The minimum Gasteiger partial charge on any atom is -0.377 e. The van der Waals surface area contributed by atoms with Crippen molar-refractivity contribution in [1.82, 2.24) is 5.32 Å². The van der Waals surface area contributed by atoms with Crippen LogP contribution in [0.1, 0.15) is 56.7 Å². The van der Waals surface area contributed by atoms with Crippen LogP contribution in [0.15, 0.2) is 24.3 Å². The van der Waals surface area contributed by atoms with E-state index in [1.165, 1.54) is 30.4 Å². The van der Waals surface area contributed by atoms with E-state index in [0.717, 1.165) is 25.5 Å². The molecule has 0 spiro atoms. The topological polar surface area (TPSA) is 21.3 Å². The van der Waals surface area contributed by atoms with Crippen molar-refractivity contribution in [2.75, 3.05) is 13.2 Å². The van der Waals surface area contributed by atoms with Crippen molar-refractivity contribution in [3.05, 3.63) is 35.4 Å². The molecule has 1 fully saturated rings. The van der Waals surface area contributed by atoms with Crippen molar-refractivity contribution in [3.8, 4) is 0 Å². The minimum atomic E-state index is 0.225. The third kappa shape index (κ3) is 4.92. The molecular weight excluding hydrogens is 246 g/mol. The maximum Gasteiger partial charge on any atom is 0.0741 e. The molecule has 0 amide bonds. The van der Waals surface area contributed by atoms with Gasteiger partial charge in [-0.25, -0.2) is 0 Å². The first kappa shape index (κ1) is 15.5. The highest BCUT2D eigenvalue weighted by molar-refractivity contribution is 5.24. The summed E-state index contributed by atoms with van der Waals surface area (Å²) in [5.74, 6) is 0.948. The van der Waals surface area contributed by atoms with Crippen LogP contribution in [0.4, 0.5) is 0 Å². The lowest BCUT2D eigenvalue weighted by Gasteiger charge is -2.26. The molecule has 2 atom stereocenters. The van der Waals surface area contributed by atoms with E-state index >= 15 is 0 Å². The molecule has 1 aliphatic carbocycles. The number of hydrogen-bond donors (Lipinski definition) is 1. The molecule has 112 valence electrons. The number of benzene rings is 1. The molecule has 0 bridgehead atoms. The molecule has 0 saturated heterocycles. The van der Waals surface area contributed by atoms with Gasteiger partial charge in [0.15, 0.2) is 0 Å². The molecule has 0 aromatic heterocycles. The second-order valence-electron chi connectivity index (χ2n) is 6.15. The van der Waals surface area contributed by atoms with Gasteiger partial charge in [0.2, 0.25) is 0 Å². The predicted molar refractivity (Wildman–Crippen MR) is 85.0 cm³/mol. The van der Waals surface area contributed by atoms with Crippen molar-refractivity contribution >= 4 is 0 Å². The average Bonchev–Trinajstić information content (AvgIpc) is 3.25. The maximum absolute atomic E-state index is 6.07. The average molecular weight is 275 g/mol. The fourth-order valence-electron chi connectivity index (χ4n) is 2.55. The summed E-state index contributed by atoms with van der Waals surface area (Å²) in [6.07, 6.45) is 5.43. The second-order valence-corrected chi connectivity index (χ2v) is 6.15. The summed E-state index contributed by atoms with van der Waals surface area (Å²) < 4.78 is 6.07. The zero-order valence-corrected chi connectivity index (χ0v) is 13.2. The van der Waals surface area contributed by atoms with Gasteiger partial charge in [-0.2, -0.15) is 0 Å². The van der Waals surface area contributed by atoms with Gasteiger partial charge in [-0.1, -0.05) is 49.6 Å². The highest BCUT2D eigenvalue weighted by Gasteiger charge is 2.23. The summed E-state index contributed by atoms with van der Waals surface area (Å²) >= 11 is 0. The van der Waals surface area contributed by atoms with E-state index < -0.39 is 0 Å². The number of ether oxygens (including phenoxy) is 1. The van der Waals surface area contributed by atoms with Crippen LogP contribution in [0, 0.1) is 12.8 Å². The maximum atomic E-state index is 6.07. The van der Waals surface area contributed by atoms with E-state index in [-0.39, 0.29) is 6.10 Å². The Morgan fingerprint density at radius 1 is 1.25 bits per heavy atom. The van der Waals surface area contributed by atoms with Gasteiger partial charge in [-0.05, 0) is 44.7 Å². The molecular formula is C18H29NO. The zero-order chi connectivity index (χ0) is 14.4. The molecule has 2 unspecified atom stereocenters. The Bertz CT molecular complexity index is 383. The molecule has 1 aromatic rings. The van der Waals surface area contributed by atoms with Gasteiger partial charge < -0.3 is 10.1 Å². The molecule has 2 heteroatoms. The van der Waals surface area contributed by atoms with Gasteiger partial charge in [0.1, 0.15) is 0 Å². The first-order chi connectivity index (χ1) is 9.70. The monoisotopic (exact) mass is 275 g/mol. The van der Waals surface area contributed by atoms with E-state index in [4.69, 9.17) is 4.74 Å². The first-order valence-electron chi connectivity index (χ1n) is 8.12. The lowest BCUT2D eigenvalue weighted by Crippen LogP contribution is -2.33. The number of nitrogens with one attached hydrogen (secondary N) is 1. The Morgan fingerprint density at radius 2 is 1.95 bits per heavy atom. The van der Waals surface area contributed by atoms with E-state index in [9.17, 15) is 0 Å². The van der Waals surface area contributed by atoms with Crippen LogP contribution in [0.5, 0.6) is 0 Å². The molecule has 1 aliphatic rings. The first-order valence-corrected chi connectivity index (χ1v) is 8.12. The fourth-order valence-corrected chi connectivity index (χ4v) is 2.55. The Morgan fingerprint density at radius 3 is 2.55 bits per heavy atom. The number of rotatable bonds is 9. The lowest BCUT2D eigenvalue weighted by molar-refractivity contribution is 0.0350. The van der Waals surface area contributed by atoms with Gasteiger partial charge >= 0.3 is 0 Å². The smallest absolute Gasteiger partial charge is 0.0741 e. The summed E-state index contributed by atoms with van der Waals surface area (Å²) in [6.45, 7) is 8.47. The minimum absolute atomic E-state index is 0.225. The number of aryl methyl sites for hydroxylation is 1. The van der Waals surface area contributed by atoms with Gasteiger partial charge in [0.05, 0.1) is 12.1 Å². The predicted octanol–water partition coefficient (Wildman–Crippen LogP) is 4.24. The Hall–Kier alpha value is -0.860. The fraction of sp³-hybridized carbons (Fsp3) is 0.667. The van der Waals surface area contributed by atoms with Crippen molar-refractivity contribution < 1.29 is 4.74 Å². The molecule has 20 heavy (non-hydrogen) atoms. The molecule has 1 N–H and O–H groups in total. The van der Waals surface area contributed by atoms with E-state index in [2.05, 4.69) is 50.4 Å². The zero-order valence-electron chi connectivity index (χ0n) is 13.2. The molecule has 1 saturated carbocycles. The second kappa shape index (κ2) is 7.80. The van der Waals surface area contributed by atoms with Gasteiger partial charge in [0.25, 0.3) is 0 Å². The van der Waals surface area contributed by atoms with Gasteiger partial charge in [-0.3, -0.25) is 0 Å². The molecule has 0 heterocycles. The van der Waals surface area contributed by atoms with Gasteiger partial charge in [0, 0.05) is 6.61 Å². The van der Waals surface area contributed by atoms with E-state index in [1.807, 2.05) is 0 Å². The van der Waals surface area contributed by atoms with Crippen LogP contribution in [0.25, 0.3) is 0 Å². The molecule has 0 radical (unpaired) electrons. The normalized spacial score (nSPS) is 17.9. The van der Waals surface area contributed by atoms with E-state index in [0.29, 0.717) is 6.04 Å². The molecule has 2 rings (SSSR count). The highest BCUT2D eigenvalue weighted by Crippen LogP contribution is 2.32. The van der Waals surface area contributed by atoms with Crippen molar-refractivity contribution in [2.45, 2.75) is 58.6 Å². The summed E-state index contributed by atoms with van der Waals surface area (Å²) in [7, 11) is 0. The molecule has 1 aromatic carbocycles. The van der Waals surface area contributed by atoms with E-state index in [1.54, 1.807) is 0 Å². The largest absolute Gasteiger partial charge is 0.377 e. The third-order valence-corrected chi connectivity index (χ3v) is 4.12. The summed E-state index contributed by atoms with van der Waals surface area (Å²) in [5.41, 5.74) is 2.65.